The van der Waals surface area contributed by atoms with Crippen molar-refractivity contribution in [3.05, 3.63) is 94.8 Å². The zero-order valence-electron chi connectivity index (χ0n) is 16.1. The van der Waals surface area contributed by atoms with Gasteiger partial charge in [-0.3, -0.25) is 0 Å². The van der Waals surface area contributed by atoms with Crippen LogP contribution in [-0.2, 0) is 13.2 Å². The van der Waals surface area contributed by atoms with E-state index in [9.17, 15) is 0 Å². The monoisotopic (exact) mass is 356 g/mol. The summed E-state index contributed by atoms with van der Waals surface area (Å²) in [6, 6.07) is 23.0. The topological polar surface area (TPSA) is 27.1 Å². The number of benzene rings is 3. The molecule has 0 radical (unpaired) electrons. The van der Waals surface area contributed by atoms with Crippen LogP contribution in [0.25, 0.3) is 11.0 Å². The molecule has 0 unspecified atom stereocenters. The molecule has 3 nitrogen and oxygen atoms in total. The molecular formula is C24H24N2O. The maximum atomic E-state index is 6.05. The predicted molar refractivity (Wildman–Crippen MR) is 110 cm³/mol. The molecule has 0 atom stereocenters. The van der Waals surface area contributed by atoms with E-state index in [-0.39, 0.29) is 0 Å². The Balaban J connectivity index is 1.69. The second kappa shape index (κ2) is 7.28. The number of imidazole rings is 1. The number of aryl methyl sites for hydroxylation is 3. The van der Waals surface area contributed by atoms with E-state index in [0.29, 0.717) is 6.61 Å². The molecule has 1 aromatic heterocycles. The number of fused-ring (bicyclic) bond motifs is 1. The number of para-hydroxylation sites is 2. The maximum absolute atomic E-state index is 6.05. The molecule has 0 saturated carbocycles. The first-order chi connectivity index (χ1) is 13.1. The van der Waals surface area contributed by atoms with Gasteiger partial charge < -0.3 is 9.30 Å². The van der Waals surface area contributed by atoms with Crippen LogP contribution in [0.1, 0.15) is 28.1 Å². The van der Waals surface area contributed by atoms with Crippen molar-refractivity contribution < 1.29 is 4.74 Å². The van der Waals surface area contributed by atoms with Gasteiger partial charge in [-0.15, -0.1) is 0 Å². The van der Waals surface area contributed by atoms with Crippen LogP contribution >= 0.6 is 0 Å². The lowest BCUT2D eigenvalue weighted by Crippen LogP contribution is -2.09. The molecule has 0 amide bonds. The van der Waals surface area contributed by atoms with E-state index in [1.54, 1.807) is 0 Å². The zero-order chi connectivity index (χ0) is 18.8. The van der Waals surface area contributed by atoms with Crippen molar-refractivity contribution >= 4 is 11.0 Å². The summed E-state index contributed by atoms with van der Waals surface area (Å²) in [5.74, 6) is 1.82. The van der Waals surface area contributed by atoms with Gasteiger partial charge >= 0.3 is 0 Å². The molecule has 27 heavy (non-hydrogen) atoms. The van der Waals surface area contributed by atoms with Gasteiger partial charge in [-0.1, -0.05) is 48.0 Å². The third-order valence-electron chi connectivity index (χ3n) is 4.92. The maximum Gasteiger partial charge on any atom is 0.148 e. The van der Waals surface area contributed by atoms with Crippen molar-refractivity contribution in [2.75, 3.05) is 0 Å². The number of hydrogen-bond acceptors (Lipinski definition) is 2. The Morgan fingerprint density at radius 1 is 0.852 bits per heavy atom. The molecule has 0 N–H and O–H groups in total. The molecule has 3 aromatic carbocycles. The van der Waals surface area contributed by atoms with E-state index in [1.165, 1.54) is 22.3 Å². The molecule has 1 heterocycles. The SMILES string of the molecule is Cc1cccc(OCc2nc3ccccc3n2Cc2cc(C)ccc2C)c1. The highest BCUT2D eigenvalue weighted by atomic mass is 16.5. The number of nitrogens with zero attached hydrogens (tertiary/aromatic N) is 2. The van der Waals surface area contributed by atoms with Crippen LogP contribution in [0.2, 0.25) is 0 Å². The Hall–Kier alpha value is -3.07. The van der Waals surface area contributed by atoms with Crippen molar-refractivity contribution in [1.29, 1.82) is 0 Å². The van der Waals surface area contributed by atoms with Crippen LogP contribution in [-0.4, -0.2) is 9.55 Å². The quantitative estimate of drug-likeness (QED) is 0.466. The summed E-state index contributed by atoms with van der Waals surface area (Å²) in [7, 11) is 0. The largest absolute Gasteiger partial charge is 0.486 e. The summed E-state index contributed by atoms with van der Waals surface area (Å²) in [6.45, 7) is 7.61. The zero-order valence-corrected chi connectivity index (χ0v) is 16.1. The molecule has 4 aromatic rings. The molecule has 0 bridgehead atoms. The average Bonchev–Trinajstić information content (AvgIpc) is 3.01. The fourth-order valence-electron chi connectivity index (χ4n) is 3.41. The third-order valence-corrected chi connectivity index (χ3v) is 4.92. The Morgan fingerprint density at radius 3 is 2.52 bits per heavy atom. The molecule has 0 aliphatic carbocycles. The average molecular weight is 356 g/mol. The van der Waals surface area contributed by atoms with Crippen LogP contribution in [0.15, 0.2) is 66.7 Å². The van der Waals surface area contributed by atoms with Gasteiger partial charge in [0.25, 0.3) is 0 Å². The summed E-state index contributed by atoms with van der Waals surface area (Å²) in [6.07, 6.45) is 0. The van der Waals surface area contributed by atoms with Gasteiger partial charge in [-0.2, -0.15) is 0 Å². The van der Waals surface area contributed by atoms with Gasteiger partial charge in [-0.25, -0.2) is 4.98 Å². The minimum absolute atomic E-state index is 0.447. The molecule has 0 aliphatic heterocycles. The Morgan fingerprint density at radius 2 is 1.67 bits per heavy atom. The first-order valence-corrected chi connectivity index (χ1v) is 9.30. The van der Waals surface area contributed by atoms with Crippen LogP contribution in [0, 0.1) is 20.8 Å². The molecule has 0 aliphatic rings. The van der Waals surface area contributed by atoms with Crippen LogP contribution in [0.5, 0.6) is 5.75 Å². The van der Waals surface area contributed by atoms with E-state index >= 15 is 0 Å². The Labute approximate surface area is 160 Å². The summed E-state index contributed by atoms with van der Waals surface area (Å²) >= 11 is 0. The second-order valence-corrected chi connectivity index (χ2v) is 7.14. The van der Waals surface area contributed by atoms with E-state index in [1.807, 2.05) is 18.2 Å². The molecule has 136 valence electrons. The standard InChI is InChI=1S/C24H24N2O/c1-17-7-6-8-21(14-17)27-16-24-25-22-9-4-5-10-23(22)26(24)15-20-13-18(2)11-12-19(20)3/h4-14H,15-16H2,1-3H3. The van der Waals surface area contributed by atoms with E-state index < -0.39 is 0 Å². The third kappa shape index (κ3) is 3.72. The summed E-state index contributed by atoms with van der Waals surface area (Å²) < 4.78 is 8.32. The first kappa shape index (κ1) is 17.3. The Kier molecular flexibility index (Phi) is 4.68. The summed E-state index contributed by atoms with van der Waals surface area (Å²) in [5.41, 5.74) is 7.22. The van der Waals surface area contributed by atoms with Gasteiger partial charge in [0, 0.05) is 6.54 Å². The van der Waals surface area contributed by atoms with Gasteiger partial charge in [0.1, 0.15) is 18.2 Å². The van der Waals surface area contributed by atoms with E-state index in [4.69, 9.17) is 9.72 Å². The highest BCUT2D eigenvalue weighted by molar-refractivity contribution is 5.76. The number of aromatic nitrogens is 2. The molecule has 4 rings (SSSR count). The minimum atomic E-state index is 0.447. The van der Waals surface area contributed by atoms with Gasteiger partial charge in [0.15, 0.2) is 0 Å². The summed E-state index contributed by atoms with van der Waals surface area (Å²) in [4.78, 5) is 4.84. The fourth-order valence-corrected chi connectivity index (χ4v) is 3.41. The van der Waals surface area contributed by atoms with Crippen LogP contribution < -0.4 is 4.74 Å². The van der Waals surface area contributed by atoms with Crippen molar-refractivity contribution in [2.45, 2.75) is 33.9 Å². The second-order valence-electron chi connectivity index (χ2n) is 7.14. The number of rotatable bonds is 5. The minimum Gasteiger partial charge on any atom is -0.486 e. The number of hydrogen-bond donors (Lipinski definition) is 0. The van der Waals surface area contributed by atoms with Crippen molar-refractivity contribution in [2.24, 2.45) is 0 Å². The Bertz CT molecular complexity index is 1090. The van der Waals surface area contributed by atoms with Gasteiger partial charge in [-0.05, 0) is 61.7 Å². The van der Waals surface area contributed by atoms with E-state index in [0.717, 1.165) is 29.2 Å². The normalized spacial score (nSPS) is 11.1. The molecule has 0 saturated heterocycles. The lowest BCUT2D eigenvalue weighted by Gasteiger charge is -2.13. The van der Waals surface area contributed by atoms with Crippen molar-refractivity contribution in [1.82, 2.24) is 9.55 Å². The van der Waals surface area contributed by atoms with Gasteiger partial charge in [0.05, 0.1) is 11.0 Å². The van der Waals surface area contributed by atoms with Crippen LogP contribution in [0.4, 0.5) is 0 Å². The van der Waals surface area contributed by atoms with Crippen molar-refractivity contribution in [3.63, 3.8) is 0 Å². The summed E-state index contributed by atoms with van der Waals surface area (Å²) in [5, 5.41) is 0. The first-order valence-electron chi connectivity index (χ1n) is 9.30. The fraction of sp³-hybridized carbons (Fsp3) is 0.208. The molecular weight excluding hydrogens is 332 g/mol. The molecule has 0 fully saturated rings. The highest BCUT2D eigenvalue weighted by Gasteiger charge is 2.13. The molecule has 0 spiro atoms. The van der Waals surface area contributed by atoms with E-state index in [2.05, 4.69) is 73.9 Å². The number of ether oxygens (including phenoxy) is 1. The smallest absolute Gasteiger partial charge is 0.148 e. The van der Waals surface area contributed by atoms with Crippen molar-refractivity contribution in [3.8, 4) is 5.75 Å². The van der Waals surface area contributed by atoms with Gasteiger partial charge in [0.2, 0.25) is 0 Å². The predicted octanol–water partition coefficient (Wildman–Crippen LogP) is 5.59. The van der Waals surface area contributed by atoms with Crippen LogP contribution in [0.3, 0.4) is 0 Å². The lowest BCUT2D eigenvalue weighted by molar-refractivity contribution is 0.291. The molecule has 3 heteroatoms. The lowest BCUT2D eigenvalue weighted by atomic mass is 10.1. The highest BCUT2D eigenvalue weighted by Crippen LogP contribution is 2.22.